The van der Waals surface area contributed by atoms with Crippen molar-refractivity contribution in [1.82, 2.24) is 20.9 Å². The molecule has 1 saturated heterocycles. The second-order valence-corrected chi connectivity index (χ2v) is 8.62. The number of ketones is 1. The molecule has 0 saturated carbocycles. The number of carboxylic acids is 1. The van der Waals surface area contributed by atoms with Gasteiger partial charge in [0.05, 0.1) is 12.0 Å². The molecule has 0 bridgehead atoms. The van der Waals surface area contributed by atoms with Gasteiger partial charge >= 0.3 is 12.1 Å². The molecule has 1 heterocycles. The van der Waals surface area contributed by atoms with Crippen LogP contribution < -0.4 is 16.0 Å². The van der Waals surface area contributed by atoms with Gasteiger partial charge in [-0.15, -0.1) is 0 Å². The number of hydrogen-bond acceptors (Lipinski definition) is 6. The molecule has 4 amide bonds. The van der Waals surface area contributed by atoms with E-state index in [1.54, 1.807) is 0 Å². The third-order valence-electron chi connectivity index (χ3n) is 5.72. The number of Topliss-reactive ketones (excluding diaryl/α,β-unsaturated/α-hetero) is 1. The van der Waals surface area contributed by atoms with Gasteiger partial charge in [0, 0.05) is 13.5 Å². The fourth-order valence-corrected chi connectivity index (χ4v) is 3.81. The molecule has 0 aromatic carbocycles. The summed E-state index contributed by atoms with van der Waals surface area (Å²) in [5, 5.41) is 15.9. The highest BCUT2D eigenvalue weighted by atomic mass is 19.4. The number of nitrogens with zero attached hydrogens (tertiary/aromatic N) is 1. The topological polar surface area (TPSA) is 162 Å². The maximum atomic E-state index is 13.4. The van der Waals surface area contributed by atoms with Crippen molar-refractivity contribution in [3.8, 4) is 0 Å². The number of alkyl halides is 3. The molecule has 0 aromatic heterocycles. The standard InChI is InChI=1S/C21H31F3N4O7/c1-9(20(34)35)15(21(22,23)24)16(30)10(2)26-18(32)14-7-6-8-28(14)19(33)12(4)27-17(31)11(3)25-13(5)29/h9-12,14-15H,6-8H2,1-5H3,(H,25,29)(H,26,32)(H,27,31)(H,34,35)/t9?,10-,11-,12-,14-,15?/m0/s1. The lowest BCUT2D eigenvalue weighted by Gasteiger charge is -2.29. The Morgan fingerprint density at radius 1 is 0.914 bits per heavy atom. The van der Waals surface area contributed by atoms with E-state index in [2.05, 4.69) is 16.0 Å². The van der Waals surface area contributed by atoms with Gasteiger partial charge in [0.25, 0.3) is 0 Å². The summed E-state index contributed by atoms with van der Waals surface area (Å²) in [6, 6.07) is -4.74. The van der Waals surface area contributed by atoms with Crippen molar-refractivity contribution in [1.29, 1.82) is 0 Å². The Kier molecular flexibility index (Phi) is 10.2. The van der Waals surface area contributed by atoms with Crippen LogP contribution in [0.5, 0.6) is 0 Å². The number of rotatable bonds is 10. The molecule has 4 N–H and O–H groups in total. The summed E-state index contributed by atoms with van der Waals surface area (Å²) < 4.78 is 40.1. The summed E-state index contributed by atoms with van der Waals surface area (Å²) in [5.41, 5.74) is 0. The maximum absolute atomic E-state index is 13.4. The number of amides is 4. The van der Waals surface area contributed by atoms with Crippen molar-refractivity contribution >= 4 is 35.4 Å². The first-order valence-electron chi connectivity index (χ1n) is 11.0. The quantitative estimate of drug-likeness (QED) is 0.322. The van der Waals surface area contributed by atoms with Crippen LogP contribution in [0.2, 0.25) is 0 Å². The van der Waals surface area contributed by atoms with Crippen LogP contribution in [0, 0.1) is 11.8 Å². The van der Waals surface area contributed by atoms with Crippen molar-refractivity contribution in [2.75, 3.05) is 6.54 Å². The Morgan fingerprint density at radius 3 is 1.97 bits per heavy atom. The Hall–Kier alpha value is -3.19. The zero-order valence-electron chi connectivity index (χ0n) is 20.1. The maximum Gasteiger partial charge on any atom is 0.399 e. The van der Waals surface area contributed by atoms with Gasteiger partial charge in [-0.2, -0.15) is 13.2 Å². The van der Waals surface area contributed by atoms with E-state index in [1.807, 2.05) is 0 Å². The van der Waals surface area contributed by atoms with Crippen LogP contribution in [0.4, 0.5) is 13.2 Å². The Labute approximate surface area is 200 Å². The lowest BCUT2D eigenvalue weighted by Crippen LogP contribution is -2.56. The van der Waals surface area contributed by atoms with Crippen molar-refractivity contribution < 1.29 is 47.0 Å². The summed E-state index contributed by atoms with van der Waals surface area (Å²) in [7, 11) is 0. The van der Waals surface area contributed by atoms with Gasteiger partial charge in [-0.1, -0.05) is 6.92 Å². The van der Waals surface area contributed by atoms with Crippen LogP contribution in [0.1, 0.15) is 47.5 Å². The smallest absolute Gasteiger partial charge is 0.399 e. The number of carbonyl (C=O) groups is 6. The number of halogens is 3. The molecule has 1 fully saturated rings. The van der Waals surface area contributed by atoms with Gasteiger partial charge in [-0.05, 0) is 33.6 Å². The van der Waals surface area contributed by atoms with Gasteiger partial charge in [0.1, 0.15) is 24.0 Å². The number of carboxylic acid groups (broad SMARTS) is 1. The minimum absolute atomic E-state index is 0.141. The Bertz CT molecular complexity index is 864. The summed E-state index contributed by atoms with van der Waals surface area (Å²) in [6.07, 6.45) is -4.56. The zero-order valence-corrected chi connectivity index (χ0v) is 20.1. The van der Waals surface area contributed by atoms with E-state index >= 15 is 0 Å². The Balaban J connectivity index is 2.88. The molecule has 0 radical (unpaired) electrons. The molecule has 11 nitrogen and oxygen atoms in total. The number of hydrogen-bond donors (Lipinski definition) is 4. The molecule has 1 aliphatic heterocycles. The molecule has 1 aliphatic rings. The predicted molar refractivity (Wildman–Crippen MR) is 115 cm³/mol. The fourth-order valence-electron chi connectivity index (χ4n) is 3.81. The lowest BCUT2D eigenvalue weighted by molar-refractivity contribution is -0.197. The first-order valence-corrected chi connectivity index (χ1v) is 11.0. The minimum Gasteiger partial charge on any atom is -0.481 e. The molecule has 2 unspecified atom stereocenters. The van der Waals surface area contributed by atoms with E-state index in [0.29, 0.717) is 6.42 Å². The van der Waals surface area contributed by atoms with Gasteiger partial charge in [-0.3, -0.25) is 28.8 Å². The highest BCUT2D eigenvalue weighted by Crippen LogP contribution is 2.34. The first-order chi connectivity index (χ1) is 16.0. The summed E-state index contributed by atoms with van der Waals surface area (Å²) in [6.45, 7) is 5.92. The van der Waals surface area contributed by atoms with Gasteiger partial charge < -0.3 is 26.0 Å². The lowest BCUT2D eigenvalue weighted by atomic mass is 9.86. The fraction of sp³-hybridized carbons (Fsp3) is 0.714. The highest BCUT2D eigenvalue weighted by Gasteiger charge is 2.51. The summed E-state index contributed by atoms with van der Waals surface area (Å²) in [4.78, 5) is 73.4. The third-order valence-corrected chi connectivity index (χ3v) is 5.72. The van der Waals surface area contributed by atoms with E-state index < -0.39 is 77.6 Å². The van der Waals surface area contributed by atoms with Crippen LogP contribution in [0.25, 0.3) is 0 Å². The molecular weight excluding hydrogens is 477 g/mol. The SMILES string of the molecule is CC(=O)N[C@@H](C)C(=O)N[C@@H](C)C(=O)N1CCC[C@H]1C(=O)N[C@@H](C)C(=O)C(C(C)C(=O)O)C(F)(F)F. The largest absolute Gasteiger partial charge is 0.481 e. The molecule has 35 heavy (non-hydrogen) atoms. The Morgan fingerprint density at radius 2 is 1.49 bits per heavy atom. The molecule has 0 spiro atoms. The van der Waals surface area contributed by atoms with Gasteiger partial charge in [-0.25, -0.2) is 0 Å². The third kappa shape index (κ3) is 7.92. The van der Waals surface area contributed by atoms with E-state index in [9.17, 15) is 41.9 Å². The predicted octanol–water partition coefficient (Wildman–Crippen LogP) is -0.0203. The van der Waals surface area contributed by atoms with Crippen molar-refractivity contribution in [2.45, 2.75) is 77.8 Å². The molecular formula is C21H31F3N4O7. The van der Waals surface area contributed by atoms with E-state index in [4.69, 9.17) is 5.11 Å². The monoisotopic (exact) mass is 508 g/mol. The van der Waals surface area contributed by atoms with Gasteiger partial charge in [0.2, 0.25) is 23.6 Å². The van der Waals surface area contributed by atoms with Crippen LogP contribution in [-0.2, 0) is 28.8 Å². The zero-order chi connectivity index (χ0) is 27.2. The van der Waals surface area contributed by atoms with E-state index in [0.717, 1.165) is 18.7 Å². The van der Waals surface area contributed by atoms with E-state index in [-0.39, 0.29) is 13.0 Å². The molecule has 198 valence electrons. The van der Waals surface area contributed by atoms with Crippen molar-refractivity contribution in [2.24, 2.45) is 11.8 Å². The summed E-state index contributed by atoms with van der Waals surface area (Å²) in [5.74, 6) is -10.8. The summed E-state index contributed by atoms with van der Waals surface area (Å²) >= 11 is 0. The minimum atomic E-state index is -5.13. The molecule has 6 atom stereocenters. The number of carbonyl (C=O) groups excluding carboxylic acids is 5. The van der Waals surface area contributed by atoms with Crippen LogP contribution in [0.3, 0.4) is 0 Å². The highest BCUT2D eigenvalue weighted by molar-refractivity contribution is 5.97. The van der Waals surface area contributed by atoms with Crippen LogP contribution in [-0.4, -0.2) is 82.3 Å². The van der Waals surface area contributed by atoms with E-state index in [1.165, 1.54) is 20.8 Å². The van der Waals surface area contributed by atoms with Crippen LogP contribution in [0.15, 0.2) is 0 Å². The van der Waals surface area contributed by atoms with Gasteiger partial charge in [0.15, 0.2) is 5.78 Å². The molecule has 0 aliphatic carbocycles. The first kappa shape index (κ1) is 29.8. The normalized spacial score (nSPS) is 20.1. The van der Waals surface area contributed by atoms with Crippen LogP contribution >= 0.6 is 0 Å². The second-order valence-electron chi connectivity index (χ2n) is 8.62. The molecule has 1 rings (SSSR count). The molecule has 0 aromatic rings. The molecule has 14 heteroatoms. The van der Waals surface area contributed by atoms with Crippen molar-refractivity contribution in [3.63, 3.8) is 0 Å². The number of likely N-dealkylation sites (tertiary alicyclic amines) is 1. The van der Waals surface area contributed by atoms with Crippen molar-refractivity contribution in [3.05, 3.63) is 0 Å². The number of aliphatic carboxylic acids is 1. The average Bonchev–Trinajstić information content (AvgIpc) is 3.21. The number of nitrogens with one attached hydrogen (secondary N) is 3. The average molecular weight is 508 g/mol. The second kappa shape index (κ2) is 12.0.